The van der Waals surface area contributed by atoms with Crippen LogP contribution in [0.2, 0.25) is 0 Å². The highest BCUT2D eigenvalue weighted by Crippen LogP contribution is 2.42. The Morgan fingerprint density at radius 2 is 1.97 bits per heavy atom. The van der Waals surface area contributed by atoms with Gasteiger partial charge in [0.2, 0.25) is 0 Å². The zero-order valence-corrected chi connectivity index (χ0v) is 20.6. The second-order valence-electron chi connectivity index (χ2n) is 9.79. The van der Waals surface area contributed by atoms with E-state index in [2.05, 4.69) is 0 Å². The quantitative estimate of drug-likeness (QED) is 0.606. The highest BCUT2D eigenvalue weighted by molar-refractivity contribution is 5.84. The topological polar surface area (TPSA) is 73.0 Å². The van der Waals surface area contributed by atoms with Gasteiger partial charge in [0, 0.05) is 43.5 Å². The van der Waals surface area contributed by atoms with Crippen LogP contribution in [0.15, 0.2) is 48.5 Å². The van der Waals surface area contributed by atoms with Crippen LogP contribution in [0.25, 0.3) is 5.57 Å². The molecule has 1 fully saturated rings. The third kappa shape index (κ3) is 4.82. The van der Waals surface area contributed by atoms with Crippen molar-refractivity contribution in [2.45, 2.75) is 36.9 Å². The van der Waals surface area contributed by atoms with Crippen molar-refractivity contribution in [1.82, 2.24) is 14.7 Å². The molecule has 3 N–H and O–H groups in total. The summed E-state index contributed by atoms with van der Waals surface area (Å²) < 4.78 is 42.2. The fourth-order valence-corrected chi connectivity index (χ4v) is 5.35. The highest BCUT2D eigenvalue weighted by atomic mass is 19.1. The van der Waals surface area contributed by atoms with E-state index in [4.69, 9.17) is 5.73 Å². The Bertz CT molecular complexity index is 1140. The Morgan fingerprint density at radius 3 is 2.67 bits per heavy atom. The maximum absolute atomic E-state index is 14.7. The molecule has 3 atom stereocenters. The fraction of sp³-hybridized carbons (Fsp3) is 0.444. The number of rotatable bonds is 5. The van der Waals surface area contributed by atoms with E-state index in [-0.39, 0.29) is 30.2 Å². The molecule has 2 aliphatic heterocycles. The molecule has 2 unspecified atom stereocenters. The van der Waals surface area contributed by atoms with Crippen molar-refractivity contribution in [3.8, 4) is 0 Å². The monoisotopic (exact) mass is 502 g/mol. The Morgan fingerprint density at radius 1 is 1.19 bits per heavy atom. The number of nitrogens with two attached hydrogens (primary N) is 1. The number of amides is 2. The molecule has 0 radical (unpaired) electrons. The van der Waals surface area contributed by atoms with Gasteiger partial charge < -0.3 is 25.5 Å². The van der Waals surface area contributed by atoms with Gasteiger partial charge in [-0.2, -0.15) is 0 Å². The van der Waals surface area contributed by atoms with Crippen molar-refractivity contribution < 1.29 is 23.1 Å². The molecule has 2 amide bonds. The molecule has 4 rings (SSSR count). The number of benzene rings is 2. The van der Waals surface area contributed by atoms with E-state index < -0.39 is 30.5 Å². The first-order valence-corrected chi connectivity index (χ1v) is 12.1. The molecule has 1 saturated heterocycles. The molecule has 0 spiro atoms. The predicted octanol–water partition coefficient (Wildman–Crippen LogP) is 4.01. The number of carbonyl (C=O) groups is 1. The summed E-state index contributed by atoms with van der Waals surface area (Å²) in [6, 6.07) is 9.35. The Balaban J connectivity index is 1.72. The summed E-state index contributed by atoms with van der Waals surface area (Å²) in [6.07, 6.45) is 3.56. The lowest BCUT2D eigenvalue weighted by Crippen LogP contribution is -2.54. The second-order valence-corrected chi connectivity index (χ2v) is 9.79. The first kappa shape index (κ1) is 26.0. The lowest BCUT2D eigenvalue weighted by atomic mass is 9.89. The van der Waals surface area contributed by atoms with Crippen molar-refractivity contribution >= 4 is 17.3 Å². The average molecular weight is 503 g/mol. The van der Waals surface area contributed by atoms with Gasteiger partial charge in [-0.1, -0.05) is 12.1 Å². The largest absolute Gasteiger partial charge is 0.399 e. The number of aliphatic hydroxyl groups excluding tert-OH is 1. The molecule has 9 heteroatoms. The smallest absolute Gasteiger partial charge is 0.321 e. The van der Waals surface area contributed by atoms with E-state index in [1.807, 2.05) is 11.9 Å². The molecule has 0 bridgehead atoms. The summed E-state index contributed by atoms with van der Waals surface area (Å²) in [5, 5.41) is 10.7. The number of anilines is 1. The minimum atomic E-state index is -1.32. The molecular weight excluding hydrogens is 469 g/mol. The van der Waals surface area contributed by atoms with E-state index >= 15 is 0 Å². The van der Waals surface area contributed by atoms with Crippen LogP contribution < -0.4 is 5.73 Å². The van der Waals surface area contributed by atoms with E-state index in [1.54, 1.807) is 42.3 Å². The third-order valence-electron chi connectivity index (χ3n) is 7.66. The number of urea groups is 1. The van der Waals surface area contributed by atoms with Crippen molar-refractivity contribution in [3.05, 3.63) is 71.3 Å². The standard InChI is InChI=1S/C27H33F3N4O2/c1-32-11-10-22(7-8-23(32)15-28)33(2)26(36)34-16-18(24-13-20(29)6-9-25(24)30)14-27(34,17-35)19-4-3-5-21(31)12-19/h3-6,9,12-14,22-23,35H,7-8,10-11,15-17,31H2,1-2H3/t22?,23?,27-/m1/s1. The molecule has 0 saturated carbocycles. The number of aliphatic hydroxyl groups is 1. The molecule has 194 valence electrons. The molecular formula is C27H33F3N4O2. The van der Waals surface area contributed by atoms with Gasteiger partial charge in [-0.15, -0.1) is 0 Å². The van der Waals surface area contributed by atoms with E-state index in [1.165, 1.54) is 4.90 Å². The summed E-state index contributed by atoms with van der Waals surface area (Å²) in [4.78, 5) is 19.1. The number of hydrogen-bond donors (Lipinski definition) is 2. The summed E-state index contributed by atoms with van der Waals surface area (Å²) in [7, 11) is 3.58. The van der Waals surface area contributed by atoms with Gasteiger partial charge in [0.05, 0.1) is 6.61 Å². The number of halogens is 3. The maximum Gasteiger partial charge on any atom is 0.321 e. The van der Waals surface area contributed by atoms with E-state index in [0.717, 1.165) is 18.2 Å². The van der Waals surface area contributed by atoms with Gasteiger partial charge in [0.25, 0.3) is 0 Å². The lowest BCUT2D eigenvalue weighted by Gasteiger charge is -2.41. The number of nitrogens with zero attached hydrogens (tertiary/aromatic N) is 3. The van der Waals surface area contributed by atoms with Gasteiger partial charge in [-0.25, -0.2) is 18.0 Å². The van der Waals surface area contributed by atoms with Crippen LogP contribution in [0.3, 0.4) is 0 Å². The average Bonchev–Trinajstić information content (AvgIpc) is 3.17. The number of hydrogen-bond acceptors (Lipinski definition) is 4. The summed E-state index contributed by atoms with van der Waals surface area (Å²) in [5.41, 5.74) is 6.15. The SMILES string of the molecule is CN1CCC(N(C)C(=O)N2CC(c3cc(F)ccc3F)=C[C@@]2(CO)c2cccc(N)c2)CCC1CF. The van der Waals surface area contributed by atoms with Gasteiger partial charge in [-0.05, 0) is 73.9 Å². The van der Waals surface area contributed by atoms with Crippen LogP contribution in [0.4, 0.5) is 23.7 Å². The Hall–Kier alpha value is -3.04. The molecule has 0 aliphatic carbocycles. The van der Waals surface area contributed by atoms with E-state index in [0.29, 0.717) is 42.6 Å². The van der Waals surface area contributed by atoms with Crippen LogP contribution in [-0.2, 0) is 5.54 Å². The second kappa shape index (κ2) is 10.5. The van der Waals surface area contributed by atoms with Crippen molar-refractivity contribution in [2.75, 3.05) is 46.2 Å². The van der Waals surface area contributed by atoms with Gasteiger partial charge >= 0.3 is 6.03 Å². The molecule has 0 aromatic heterocycles. The number of nitrogen functional groups attached to an aromatic ring is 1. The first-order valence-electron chi connectivity index (χ1n) is 12.1. The number of alkyl halides is 1. The first-order chi connectivity index (χ1) is 17.2. The predicted molar refractivity (Wildman–Crippen MR) is 134 cm³/mol. The minimum Gasteiger partial charge on any atom is -0.399 e. The third-order valence-corrected chi connectivity index (χ3v) is 7.66. The number of likely N-dealkylation sites (tertiary alicyclic amines) is 1. The fourth-order valence-electron chi connectivity index (χ4n) is 5.35. The Labute approximate surface area is 209 Å². The molecule has 2 aromatic carbocycles. The molecule has 2 heterocycles. The summed E-state index contributed by atoms with van der Waals surface area (Å²) in [6.45, 7) is -0.301. The lowest BCUT2D eigenvalue weighted by molar-refractivity contribution is 0.0778. The summed E-state index contributed by atoms with van der Waals surface area (Å²) >= 11 is 0. The molecule has 2 aliphatic rings. The van der Waals surface area contributed by atoms with Crippen LogP contribution >= 0.6 is 0 Å². The van der Waals surface area contributed by atoms with Crippen LogP contribution in [0, 0.1) is 11.6 Å². The van der Waals surface area contributed by atoms with Crippen molar-refractivity contribution in [1.29, 1.82) is 0 Å². The zero-order chi connectivity index (χ0) is 26.0. The van der Waals surface area contributed by atoms with Gasteiger partial charge in [-0.3, -0.25) is 0 Å². The van der Waals surface area contributed by atoms with Gasteiger partial charge in [0.1, 0.15) is 23.8 Å². The van der Waals surface area contributed by atoms with Crippen molar-refractivity contribution in [3.63, 3.8) is 0 Å². The van der Waals surface area contributed by atoms with Crippen LogP contribution in [0.5, 0.6) is 0 Å². The summed E-state index contributed by atoms with van der Waals surface area (Å²) in [5.74, 6) is -1.22. The maximum atomic E-state index is 14.7. The normalized spacial score (nSPS) is 24.9. The highest BCUT2D eigenvalue weighted by Gasteiger charge is 2.46. The van der Waals surface area contributed by atoms with Gasteiger partial charge in [0.15, 0.2) is 0 Å². The zero-order valence-electron chi connectivity index (χ0n) is 20.6. The van der Waals surface area contributed by atoms with Crippen molar-refractivity contribution in [2.24, 2.45) is 0 Å². The Kier molecular flexibility index (Phi) is 7.61. The number of carbonyl (C=O) groups excluding carboxylic acids is 1. The minimum absolute atomic E-state index is 0.0291. The molecule has 6 nitrogen and oxygen atoms in total. The van der Waals surface area contributed by atoms with Crippen LogP contribution in [0.1, 0.15) is 30.4 Å². The van der Waals surface area contributed by atoms with E-state index in [9.17, 15) is 23.1 Å². The molecule has 2 aromatic rings. The van der Waals surface area contributed by atoms with Crippen LogP contribution in [-0.4, -0.2) is 78.4 Å². The molecule has 36 heavy (non-hydrogen) atoms.